The van der Waals surface area contributed by atoms with Gasteiger partial charge in [0.2, 0.25) is 0 Å². The van der Waals surface area contributed by atoms with E-state index >= 15 is 0 Å². The summed E-state index contributed by atoms with van der Waals surface area (Å²) in [5.74, 6) is 0.739. The molecule has 0 amide bonds. The first-order valence-corrected chi connectivity index (χ1v) is 9.39. The summed E-state index contributed by atoms with van der Waals surface area (Å²) in [6.45, 7) is 8.82. The third-order valence-corrected chi connectivity index (χ3v) is 6.61. The van der Waals surface area contributed by atoms with Crippen molar-refractivity contribution in [3.63, 3.8) is 0 Å². The van der Waals surface area contributed by atoms with Crippen molar-refractivity contribution in [3.8, 4) is 0 Å². The Hall–Kier alpha value is -0.380. The van der Waals surface area contributed by atoms with E-state index < -0.39 is 0 Å². The van der Waals surface area contributed by atoms with E-state index in [1.165, 1.54) is 49.0 Å². The second kappa shape index (κ2) is 6.39. The van der Waals surface area contributed by atoms with Crippen LogP contribution >= 0.6 is 11.3 Å². The van der Waals surface area contributed by atoms with Crippen LogP contribution in [0.2, 0.25) is 0 Å². The van der Waals surface area contributed by atoms with E-state index in [1.807, 2.05) is 11.3 Å². The van der Waals surface area contributed by atoms with Crippen LogP contribution in [0.4, 0.5) is 0 Å². The molecule has 1 spiro atoms. The zero-order chi connectivity index (χ0) is 14.9. The Balaban J connectivity index is 1.77. The van der Waals surface area contributed by atoms with E-state index in [9.17, 15) is 0 Å². The Bertz CT molecular complexity index is 458. The van der Waals surface area contributed by atoms with Gasteiger partial charge in [0.25, 0.3) is 0 Å². The maximum absolute atomic E-state index is 6.13. The van der Waals surface area contributed by atoms with E-state index in [1.54, 1.807) is 4.88 Å². The second-order valence-corrected chi connectivity index (χ2v) is 8.25. The number of hydrogen-bond acceptors (Lipinski definition) is 3. The number of hydrogen-bond donors (Lipinski definition) is 1. The average Bonchev–Trinajstić information content (AvgIpc) is 2.77. The summed E-state index contributed by atoms with van der Waals surface area (Å²) in [7, 11) is 0. The van der Waals surface area contributed by atoms with E-state index in [2.05, 4.69) is 32.2 Å². The molecule has 2 heterocycles. The summed E-state index contributed by atoms with van der Waals surface area (Å²) in [6.07, 6.45) is 7.59. The predicted octanol–water partition coefficient (Wildman–Crippen LogP) is 4.75. The number of thiophene rings is 1. The molecule has 2 atom stereocenters. The zero-order valence-electron chi connectivity index (χ0n) is 13.7. The summed E-state index contributed by atoms with van der Waals surface area (Å²) in [4.78, 5) is 3.01. The first-order chi connectivity index (χ1) is 10.1. The first-order valence-electron chi connectivity index (χ1n) is 8.58. The van der Waals surface area contributed by atoms with Gasteiger partial charge in [-0.3, -0.25) is 0 Å². The van der Waals surface area contributed by atoms with Crippen LogP contribution < -0.4 is 5.32 Å². The molecule has 3 heteroatoms. The van der Waals surface area contributed by atoms with Gasteiger partial charge in [-0.2, -0.15) is 0 Å². The smallest absolute Gasteiger partial charge is 0.0686 e. The first kappa shape index (κ1) is 15.5. The van der Waals surface area contributed by atoms with E-state index in [0.29, 0.717) is 6.04 Å². The van der Waals surface area contributed by atoms with Gasteiger partial charge in [-0.05, 0) is 76.5 Å². The zero-order valence-corrected chi connectivity index (χ0v) is 14.5. The second-order valence-electron chi connectivity index (χ2n) is 6.96. The highest BCUT2D eigenvalue weighted by atomic mass is 32.1. The van der Waals surface area contributed by atoms with Gasteiger partial charge < -0.3 is 10.1 Å². The molecule has 2 unspecified atom stereocenters. The molecule has 3 rings (SSSR count). The lowest BCUT2D eigenvalue weighted by Crippen LogP contribution is -2.48. The molecular formula is C18H29NOS. The molecule has 1 aromatic rings. The molecule has 1 aliphatic heterocycles. The quantitative estimate of drug-likeness (QED) is 0.847. The molecule has 2 fully saturated rings. The molecule has 118 valence electrons. The number of nitrogens with one attached hydrogen (secondary N) is 1. The lowest BCUT2D eigenvalue weighted by molar-refractivity contribution is -0.147. The number of aryl methyl sites for hydroxylation is 2. The van der Waals surface area contributed by atoms with Crippen LogP contribution in [-0.2, 0) is 4.74 Å². The largest absolute Gasteiger partial charge is 0.375 e. The van der Waals surface area contributed by atoms with Crippen molar-refractivity contribution in [2.45, 2.75) is 70.9 Å². The maximum atomic E-state index is 6.13. The minimum atomic E-state index is 0.246. The fourth-order valence-corrected chi connectivity index (χ4v) is 5.04. The highest BCUT2D eigenvalue weighted by Crippen LogP contribution is 2.48. The molecule has 1 N–H and O–H groups in total. The molecule has 21 heavy (non-hydrogen) atoms. The highest BCUT2D eigenvalue weighted by Gasteiger charge is 2.44. The van der Waals surface area contributed by atoms with Crippen LogP contribution in [-0.4, -0.2) is 18.8 Å². The molecule has 1 saturated heterocycles. The average molecular weight is 308 g/mol. The minimum absolute atomic E-state index is 0.246. The van der Waals surface area contributed by atoms with Crippen molar-refractivity contribution in [2.75, 3.05) is 13.2 Å². The molecule has 1 aliphatic carbocycles. The molecule has 2 aliphatic rings. The molecule has 0 bridgehead atoms. The number of ether oxygens (including phenoxy) is 1. The lowest BCUT2D eigenvalue weighted by Gasteiger charge is -2.48. The van der Waals surface area contributed by atoms with Gasteiger partial charge in [0.1, 0.15) is 0 Å². The van der Waals surface area contributed by atoms with Crippen molar-refractivity contribution in [2.24, 2.45) is 5.92 Å². The van der Waals surface area contributed by atoms with Crippen LogP contribution in [0.1, 0.15) is 66.8 Å². The summed E-state index contributed by atoms with van der Waals surface area (Å²) in [5.41, 5.74) is 1.69. The van der Waals surface area contributed by atoms with Gasteiger partial charge in [0, 0.05) is 22.4 Å². The highest BCUT2D eigenvalue weighted by molar-refractivity contribution is 7.12. The third kappa shape index (κ3) is 3.20. The van der Waals surface area contributed by atoms with Crippen LogP contribution in [0.15, 0.2) is 6.07 Å². The minimum Gasteiger partial charge on any atom is -0.375 e. The summed E-state index contributed by atoms with van der Waals surface area (Å²) in [6, 6.07) is 2.94. The summed E-state index contributed by atoms with van der Waals surface area (Å²) < 4.78 is 6.13. The van der Waals surface area contributed by atoms with E-state index in [0.717, 1.165) is 19.1 Å². The molecule has 0 radical (unpaired) electrons. The van der Waals surface area contributed by atoms with E-state index in [-0.39, 0.29) is 5.60 Å². The van der Waals surface area contributed by atoms with Gasteiger partial charge in [0.05, 0.1) is 5.60 Å². The lowest BCUT2D eigenvalue weighted by atomic mass is 9.70. The van der Waals surface area contributed by atoms with Crippen molar-refractivity contribution >= 4 is 11.3 Å². The fourth-order valence-electron chi connectivity index (χ4n) is 3.82. The fraction of sp³-hybridized carbons (Fsp3) is 0.778. The van der Waals surface area contributed by atoms with Crippen LogP contribution in [0.3, 0.4) is 0 Å². The Morgan fingerprint density at radius 2 is 2.24 bits per heavy atom. The Labute approximate surface area is 133 Å². The van der Waals surface area contributed by atoms with Crippen molar-refractivity contribution < 1.29 is 4.74 Å². The van der Waals surface area contributed by atoms with Crippen LogP contribution in [0.5, 0.6) is 0 Å². The molecule has 1 saturated carbocycles. The van der Waals surface area contributed by atoms with Crippen molar-refractivity contribution in [1.82, 2.24) is 5.32 Å². The predicted molar refractivity (Wildman–Crippen MR) is 90.1 cm³/mol. The van der Waals surface area contributed by atoms with Crippen molar-refractivity contribution in [1.29, 1.82) is 0 Å². The molecule has 1 aromatic heterocycles. The molecule has 2 nitrogen and oxygen atoms in total. The molecular weight excluding hydrogens is 278 g/mol. The third-order valence-electron chi connectivity index (χ3n) is 5.37. The summed E-state index contributed by atoms with van der Waals surface area (Å²) >= 11 is 1.99. The topological polar surface area (TPSA) is 21.3 Å². The van der Waals surface area contributed by atoms with Gasteiger partial charge in [-0.1, -0.05) is 6.92 Å². The van der Waals surface area contributed by atoms with Gasteiger partial charge >= 0.3 is 0 Å². The normalized spacial score (nSPS) is 25.8. The SMILES string of the molecule is CCCNC(c1cc(C)c(C)s1)C1CCOC2(CCC2)C1. The van der Waals surface area contributed by atoms with E-state index in [4.69, 9.17) is 4.74 Å². The van der Waals surface area contributed by atoms with Crippen LogP contribution in [0, 0.1) is 19.8 Å². The van der Waals surface area contributed by atoms with Gasteiger partial charge in [-0.15, -0.1) is 11.3 Å². The summed E-state index contributed by atoms with van der Waals surface area (Å²) in [5, 5.41) is 3.84. The van der Waals surface area contributed by atoms with Gasteiger partial charge in [0.15, 0.2) is 0 Å². The maximum Gasteiger partial charge on any atom is 0.0686 e. The number of rotatable bonds is 5. The standard InChI is InChI=1S/C18H29NOS/c1-4-9-19-17(16-11-13(2)14(3)21-16)15-6-10-20-18(12-15)7-5-8-18/h11,15,17,19H,4-10,12H2,1-3H3. The van der Waals surface area contributed by atoms with Crippen LogP contribution in [0.25, 0.3) is 0 Å². The Morgan fingerprint density at radius 1 is 1.43 bits per heavy atom. The Kier molecular flexibility index (Phi) is 4.72. The monoisotopic (exact) mass is 307 g/mol. The van der Waals surface area contributed by atoms with Crippen molar-refractivity contribution in [3.05, 3.63) is 21.4 Å². The van der Waals surface area contributed by atoms with Gasteiger partial charge in [-0.25, -0.2) is 0 Å². The molecule has 0 aromatic carbocycles. The Morgan fingerprint density at radius 3 is 2.81 bits per heavy atom.